The van der Waals surface area contributed by atoms with Gasteiger partial charge >= 0.3 is 0 Å². The normalized spacial score (nSPS) is 38.1. The molecule has 6 aliphatic rings. The standard InChI is InChI=1S/C34H39N5/c1-37-19-16-33(23-10-5-4-9-22(23)21-28(33)37)34-17-20-39(3)31(34)36-29-25(12-8-13-26(29)34)32-15-18-38(2)30(32)35-27-14-7-6-11-24(27)32/h4-14,28,30-31,35-36H,15-21H2,1-3H3. The van der Waals surface area contributed by atoms with Crippen LogP contribution in [0.15, 0.2) is 66.7 Å². The van der Waals surface area contributed by atoms with Crippen LogP contribution in [0.2, 0.25) is 0 Å². The Bertz CT molecular complexity index is 1520. The van der Waals surface area contributed by atoms with Crippen molar-refractivity contribution in [3.8, 4) is 0 Å². The van der Waals surface area contributed by atoms with E-state index in [0.29, 0.717) is 12.2 Å². The molecule has 2 N–H and O–H groups in total. The first kappa shape index (κ1) is 22.9. The monoisotopic (exact) mass is 517 g/mol. The number of likely N-dealkylation sites (N-methyl/N-ethyl adjacent to an activating group) is 3. The Morgan fingerprint density at radius 2 is 1.28 bits per heavy atom. The fraction of sp³-hybridized carbons (Fsp3) is 0.471. The smallest absolute Gasteiger partial charge is 0.0933 e. The second-order valence-corrected chi connectivity index (χ2v) is 13.4. The second-order valence-electron chi connectivity index (χ2n) is 13.4. The van der Waals surface area contributed by atoms with Crippen LogP contribution in [0, 0.1) is 0 Å². The van der Waals surface area contributed by atoms with E-state index in [1.165, 1.54) is 48.3 Å². The van der Waals surface area contributed by atoms with Gasteiger partial charge in [-0.05, 0) is 87.3 Å². The van der Waals surface area contributed by atoms with Crippen LogP contribution >= 0.6 is 0 Å². The minimum absolute atomic E-state index is 0.0425. The first-order valence-electron chi connectivity index (χ1n) is 15.0. The average molecular weight is 518 g/mol. The van der Waals surface area contributed by atoms with E-state index >= 15 is 0 Å². The van der Waals surface area contributed by atoms with Crippen LogP contribution < -0.4 is 10.6 Å². The van der Waals surface area contributed by atoms with Gasteiger partial charge in [0.25, 0.3) is 0 Å². The van der Waals surface area contributed by atoms with Crippen molar-refractivity contribution in [3.05, 3.63) is 94.5 Å². The molecule has 0 amide bonds. The van der Waals surface area contributed by atoms with Crippen molar-refractivity contribution in [1.82, 2.24) is 14.7 Å². The third-order valence-electron chi connectivity index (χ3n) is 12.2. The molecule has 0 bridgehead atoms. The van der Waals surface area contributed by atoms with E-state index in [1.807, 2.05) is 0 Å². The maximum Gasteiger partial charge on any atom is 0.0933 e. The fourth-order valence-corrected chi connectivity index (χ4v) is 10.7. The maximum absolute atomic E-state index is 4.28. The fourth-order valence-electron chi connectivity index (χ4n) is 10.7. The summed E-state index contributed by atoms with van der Waals surface area (Å²) < 4.78 is 0. The number of nitrogens with one attached hydrogen (secondary N) is 2. The van der Waals surface area contributed by atoms with Gasteiger partial charge in [0.1, 0.15) is 0 Å². The van der Waals surface area contributed by atoms with Crippen LogP contribution in [0.3, 0.4) is 0 Å². The lowest BCUT2D eigenvalue weighted by Crippen LogP contribution is -2.59. The first-order valence-corrected chi connectivity index (χ1v) is 15.0. The van der Waals surface area contributed by atoms with E-state index in [9.17, 15) is 0 Å². The molecule has 6 unspecified atom stereocenters. The van der Waals surface area contributed by atoms with Crippen molar-refractivity contribution in [3.63, 3.8) is 0 Å². The van der Waals surface area contributed by atoms with Crippen LogP contribution in [0.4, 0.5) is 11.4 Å². The zero-order valence-corrected chi connectivity index (χ0v) is 23.4. The van der Waals surface area contributed by atoms with E-state index in [4.69, 9.17) is 0 Å². The SMILES string of the molecule is CN1CCC2(c3cccc4c3NC3N(C)CCC43C34CCN(C)C3Cc3ccccc34)c3ccccc3NC12. The highest BCUT2D eigenvalue weighted by molar-refractivity contribution is 5.77. The number of fused-ring (bicyclic) bond motifs is 10. The molecule has 0 aromatic heterocycles. The minimum Gasteiger partial charge on any atom is -0.368 e. The lowest BCUT2D eigenvalue weighted by Gasteiger charge is -2.49. The molecule has 0 saturated carbocycles. The maximum atomic E-state index is 4.28. The summed E-state index contributed by atoms with van der Waals surface area (Å²) in [6.07, 6.45) is 5.36. The molecule has 3 saturated heterocycles. The Hall–Kier alpha value is -2.86. The van der Waals surface area contributed by atoms with Gasteiger partial charge in [0.15, 0.2) is 0 Å². The Morgan fingerprint density at radius 3 is 2.18 bits per heavy atom. The summed E-state index contributed by atoms with van der Waals surface area (Å²) in [5, 5.41) is 8.21. The molecule has 5 heterocycles. The third-order valence-corrected chi connectivity index (χ3v) is 12.2. The highest BCUT2D eigenvalue weighted by Crippen LogP contribution is 2.67. The minimum atomic E-state index is -0.0425. The van der Waals surface area contributed by atoms with Gasteiger partial charge in [-0.15, -0.1) is 0 Å². The van der Waals surface area contributed by atoms with Crippen molar-refractivity contribution in [2.75, 3.05) is 51.4 Å². The van der Waals surface area contributed by atoms with Gasteiger partial charge in [-0.1, -0.05) is 60.7 Å². The van der Waals surface area contributed by atoms with Crippen molar-refractivity contribution in [1.29, 1.82) is 0 Å². The number of anilines is 2. The zero-order valence-electron chi connectivity index (χ0n) is 23.4. The summed E-state index contributed by atoms with van der Waals surface area (Å²) in [5.41, 5.74) is 10.6. The largest absolute Gasteiger partial charge is 0.368 e. The Labute approximate surface area is 232 Å². The number of likely N-dealkylation sites (tertiary alicyclic amines) is 3. The topological polar surface area (TPSA) is 33.8 Å². The molecule has 3 fully saturated rings. The molecule has 0 radical (unpaired) electrons. The van der Waals surface area contributed by atoms with Crippen molar-refractivity contribution in [2.24, 2.45) is 0 Å². The van der Waals surface area contributed by atoms with Crippen molar-refractivity contribution in [2.45, 2.75) is 60.3 Å². The van der Waals surface area contributed by atoms with Gasteiger partial charge in [0.05, 0.1) is 17.7 Å². The molecule has 3 aromatic rings. The van der Waals surface area contributed by atoms with E-state index in [1.54, 1.807) is 16.7 Å². The van der Waals surface area contributed by atoms with E-state index in [-0.39, 0.29) is 22.4 Å². The summed E-state index contributed by atoms with van der Waals surface area (Å²) in [4.78, 5) is 7.85. The second kappa shape index (κ2) is 7.45. The molecule has 39 heavy (non-hydrogen) atoms. The van der Waals surface area contributed by atoms with E-state index < -0.39 is 0 Å². The zero-order chi connectivity index (χ0) is 26.1. The number of benzene rings is 3. The highest BCUT2D eigenvalue weighted by atomic mass is 15.3. The van der Waals surface area contributed by atoms with Gasteiger partial charge in [0, 0.05) is 41.3 Å². The summed E-state index contributed by atoms with van der Waals surface area (Å²) in [7, 11) is 7.02. The molecule has 9 rings (SSSR count). The first-order chi connectivity index (χ1) is 19.0. The van der Waals surface area contributed by atoms with Crippen LogP contribution in [0.1, 0.15) is 47.1 Å². The number of rotatable bonds is 2. The summed E-state index contributed by atoms with van der Waals surface area (Å²) in [5.74, 6) is 0. The lowest BCUT2D eigenvalue weighted by molar-refractivity contribution is 0.137. The van der Waals surface area contributed by atoms with Crippen LogP contribution in [0.5, 0.6) is 0 Å². The summed E-state index contributed by atoms with van der Waals surface area (Å²) in [6.45, 7) is 3.43. The van der Waals surface area contributed by atoms with Crippen molar-refractivity contribution >= 4 is 11.4 Å². The Morgan fingerprint density at radius 1 is 0.615 bits per heavy atom. The van der Waals surface area contributed by atoms with Gasteiger partial charge in [-0.2, -0.15) is 0 Å². The predicted octanol–water partition coefficient (Wildman–Crippen LogP) is 4.58. The number of para-hydroxylation sites is 2. The molecule has 1 aliphatic carbocycles. The van der Waals surface area contributed by atoms with E-state index in [2.05, 4.69) is 113 Å². The molecule has 5 aliphatic heterocycles. The van der Waals surface area contributed by atoms with Gasteiger partial charge in [-0.3, -0.25) is 9.80 Å². The number of hydrogen-bond donors (Lipinski definition) is 2. The van der Waals surface area contributed by atoms with Crippen molar-refractivity contribution < 1.29 is 0 Å². The van der Waals surface area contributed by atoms with Crippen LogP contribution in [-0.2, 0) is 22.7 Å². The van der Waals surface area contributed by atoms with Crippen LogP contribution in [0.25, 0.3) is 0 Å². The Balaban J connectivity index is 1.31. The van der Waals surface area contributed by atoms with Gasteiger partial charge < -0.3 is 15.5 Å². The molecular formula is C34H39N5. The molecule has 5 nitrogen and oxygen atoms in total. The molecule has 3 aromatic carbocycles. The number of hydrogen-bond acceptors (Lipinski definition) is 5. The molecule has 6 atom stereocenters. The number of nitrogens with zero attached hydrogens (tertiary/aromatic N) is 3. The molecule has 200 valence electrons. The quantitative estimate of drug-likeness (QED) is 0.520. The summed E-state index contributed by atoms with van der Waals surface area (Å²) in [6, 6.07) is 26.4. The average Bonchev–Trinajstić information content (AvgIpc) is 3.76. The lowest BCUT2D eigenvalue weighted by atomic mass is 9.54. The highest BCUT2D eigenvalue weighted by Gasteiger charge is 2.71. The predicted molar refractivity (Wildman–Crippen MR) is 158 cm³/mol. The van der Waals surface area contributed by atoms with E-state index in [0.717, 1.165) is 19.5 Å². The molecule has 0 spiro atoms. The molecular weight excluding hydrogens is 478 g/mol. The molecule has 5 heteroatoms. The third kappa shape index (κ3) is 2.43. The summed E-state index contributed by atoms with van der Waals surface area (Å²) >= 11 is 0. The van der Waals surface area contributed by atoms with Crippen LogP contribution in [-0.4, -0.2) is 73.9 Å². The Kier molecular flexibility index (Phi) is 4.38. The van der Waals surface area contributed by atoms with Gasteiger partial charge in [0.2, 0.25) is 0 Å². The van der Waals surface area contributed by atoms with Gasteiger partial charge in [-0.25, -0.2) is 0 Å².